The molecule has 1 aromatic carbocycles. The number of hydrazine groups is 1. The van der Waals surface area contributed by atoms with E-state index < -0.39 is 12.1 Å². The van der Waals surface area contributed by atoms with Crippen molar-refractivity contribution in [1.29, 1.82) is 0 Å². The Labute approximate surface area is 189 Å². The first-order valence-corrected chi connectivity index (χ1v) is 12.3. The van der Waals surface area contributed by atoms with Gasteiger partial charge in [0.05, 0.1) is 5.69 Å². The number of rotatable bonds is 14. The van der Waals surface area contributed by atoms with Gasteiger partial charge in [-0.25, -0.2) is 10.4 Å². The van der Waals surface area contributed by atoms with Crippen LogP contribution in [0.2, 0.25) is 0 Å². The predicted molar refractivity (Wildman–Crippen MR) is 130 cm³/mol. The highest BCUT2D eigenvalue weighted by atomic mass is 16.3. The molecule has 1 unspecified atom stereocenters. The third-order valence-corrected chi connectivity index (χ3v) is 6.18. The number of allylic oxidation sites excluding steroid dienone is 2. The molecular formula is C26H43N3O2. The van der Waals surface area contributed by atoms with Gasteiger partial charge in [0.1, 0.15) is 6.10 Å². The summed E-state index contributed by atoms with van der Waals surface area (Å²) in [4.78, 5) is 13.1. The number of nitrogens with zero attached hydrogens (tertiary/aromatic N) is 1. The molecule has 2 rings (SSSR count). The van der Waals surface area contributed by atoms with Crippen LogP contribution in [0.5, 0.6) is 0 Å². The Morgan fingerprint density at radius 2 is 1.81 bits per heavy atom. The number of para-hydroxylation sites is 1. The summed E-state index contributed by atoms with van der Waals surface area (Å²) in [6.07, 6.45) is 16.8. The van der Waals surface area contributed by atoms with Crippen LogP contribution in [0.1, 0.15) is 84.0 Å². The zero-order valence-electron chi connectivity index (χ0n) is 19.3. The van der Waals surface area contributed by atoms with Gasteiger partial charge in [0.25, 0.3) is 5.91 Å². The summed E-state index contributed by atoms with van der Waals surface area (Å²) in [6, 6.07) is 8.92. The predicted octanol–water partition coefficient (Wildman–Crippen LogP) is 5.10. The topological polar surface area (TPSA) is 78.6 Å². The van der Waals surface area contributed by atoms with Crippen molar-refractivity contribution in [3.8, 4) is 0 Å². The highest BCUT2D eigenvalue weighted by molar-refractivity contribution is 5.96. The minimum atomic E-state index is -1.20. The second-order valence-electron chi connectivity index (χ2n) is 8.88. The SMILES string of the molecule is CCCCC/C=C\CCCNN(C(=O)C(O)[C@H](N)CC1CCCCC1)c1ccccc1. The van der Waals surface area contributed by atoms with Crippen LogP contribution in [0.15, 0.2) is 42.5 Å². The maximum absolute atomic E-state index is 13.1. The van der Waals surface area contributed by atoms with Gasteiger partial charge in [-0.2, -0.15) is 0 Å². The Morgan fingerprint density at radius 3 is 2.48 bits per heavy atom. The summed E-state index contributed by atoms with van der Waals surface area (Å²) in [6.45, 7) is 2.87. The van der Waals surface area contributed by atoms with Crippen LogP contribution in [0.25, 0.3) is 0 Å². The Balaban J connectivity index is 1.86. The first kappa shape index (κ1) is 25.6. The van der Waals surface area contributed by atoms with Crippen molar-refractivity contribution in [2.45, 2.75) is 96.1 Å². The summed E-state index contributed by atoms with van der Waals surface area (Å²) >= 11 is 0. The fourth-order valence-electron chi connectivity index (χ4n) is 4.28. The van der Waals surface area contributed by atoms with Crippen molar-refractivity contribution >= 4 is 11.6 Å². The van der Waals surface area contributed by atoms with Crippen LogP contribution in [0.4, 0.5) is 5.69 Å². The van der Waals surface area contributed by atoms with E-state index >= 15 is 0 Å². The second-order valence-corrected chi connectivity index (χ2v) is 8.88. The van der Waals surface area contributed by atoms with Gasteiger partial charge < -0.3 is 10.8 Å². The molecule has 0 spiro atoms. The lowest BCUT2D eigenvalue weighted by Crippen LogP contribution is -2.54. The third kappa shape index (κ3) is 9.55. The minimum absolute atomic E-state index is 0.371. The van der Waals surface area contributed by atoms with Gasteiger partial charge in [0.15, 0.2) is 0 Å². The Hall–Kier alpha value is -1.69. The Kier molecular flexibility index (Phi) is 12.5. The lowest BCUT2D eigenvalue weighted by molar-refractivity contribution is -0.128. The van der Waals surface area contributed by atoms with Crippen molar-refractivity contribution in [3.63, 3.8) is 0 Å². The molecule has 5 nitrogen and oxygen atoms in total. The third-order valence-electron chi connectivity index (χ3n) is 6.18. The van der Waals surface area contributed by atoms with Gasteiger partial charge in [-0.1, -0.05) is 82.2 Å². The number of anilines is 1. The van der Waals surface area contributed by atoms with Gasteiger partial charge in [-0.15, -0.1) is 0 Å². The highest BCUT2D eigenvalue weighted by Gasteiger charge is 2.30. The molecule has 31 heavy (non-hydrogen) atoms. The maximum Gasteiger partial charge on any atom is 0.271 e. The quantitative estimate of drug-likeness (QED) is 0.218. The average molecular weight is 430 g/mol. The number of aliphatic hydroxyl groups excluding tert-OH is 1. The monoisotopic (exact) mass is 429 g/mol. The van der Waals surface area contributed by atoms with E-state index in [0.29, 0.717) is 18.9 Å². The lowest BCUT2D eigenvalue weighted by Gasteiger charge is -2.30. The van der Waals surface area contributed by atoms with Crippen molar-refractivity contribution < 1.29 is 9.90 Å². The molecule has 5 heteroatoms. The standard InChI is InChI=1S/C26H43N3O2/c1-2-3-4-5-6-7-8-15-20-28-29(23-18-13-10-14-19-23)26(31)25(30)24(27)21-22-16-11-9-12-17-22/h6-7,10,13-14,18-19,22,24-25,28,30H,2-5,8-9,11-12,15-17,20-21,27H2,1H3/b7-6-/t24-,25?/m1/s1. The van der Waals surface area contributed by atoms with E-state index in [1.807, 2.05) is 30.3 Å². The number of nitrogens with one attached hydrogen (secondary N) is 1. The molecule has 1 fully saturated rings. The summed E-state index contributed by atoms with van der Waals surface area (Å²) < 4.78 is 0. The molecule has 0 saturated heterocycles. The molecule has 1 amide bonds. The number of carbonyl (C=O) groups is 1. The maximum atomic E-state index is 13.1. The number of aliphatic hydroxyl groups is 1. The Bertz CT molecular complexity index is 629. The van der Waals surface area contributed by atoms with E-state index in [1.54, 1.807) is 0 Å². The van der Waals surface area contributed by atoms with Crippen molar-refractivity contribution in [1.82, 2.24) is 5.43 Å². The molecule has 2 atom stereocenters. The lowest BCUT2D eigenvalue weighted by atomic mass is 9.84. The number of hydrogen-bond donors (Lipinski definition) is 3. The molecule has 1 aliphatic carbocycles. The molecule has 4 N–H and O–H groups in total. The fraction of sp³-hybridized carbons (Fsp3) is 0.654. The van der Waals surface area contributed by atoms with Crippen LogP contribution >= 0.6 is 0 Å². The van der Waals surface area contributed by atoms with Crippen LogP contribution in [0.3, 0.4) is 0 Å². The summed E-state index contributed by atoms with van der Waals surface area (Å²) in [7, 11) is 0. The molecule has 0 radical (unpaired) electrons. The van der Waals surface area contributed by atoms with Crippen LogP contribution in [-0.4, -0.2) is 29.7 Å². The molecule has 0 bridgehead atoms. The van der Waals surface area contributed by atoms with Gasteiger partial charge in [0, 0.05) is 12.6 Å². The smallest absolute Gasteiger partial charge is 0.271 e. The van der Waals surface area contributed by atoms with E-state index in [-0.39, 0.29) is 5.91 Å². The van der Waals surface area contributed by atoms with E-state index in [0.717, 1.165) is 37.8 Å². The number of nitrogens with two attached hydrogens (primary N) is 1. The van der Waals surface area contributed by atoms with E-state index in [9.17, 15) is 9.90 Å². The number of amides is 1. The number of carbonyl (C=O) groups excluding carboxylic acids is 1. The highest BCUT2D eigenvalue weighted by Crippen LogP contribution is 2.28. The normalized spacial score (nSPS) is 17.0. The number of unbranched alkanes of at least 4 members (excludes halogenated alkanes) is 4. The van der Waals surface area contributed by atoms with E-state index in [4.69, 9.17) is 5.73 Å². The zero-order chi connectivity index (χ0) is 22.3. The van der Waals surface area contributed by atoms with Crippen LogP contribution in [0, 0.1) is 5.92 Å². The van der Waals surface area contributed by atoms with Crippen molar-refractivity contribution in [2.75, 3.05) is 11.6 Å². The van der Waals surface area contributed by atoms with Crippen molar-refractivity contribution in [2.24, 2.45) is 11.7 Å². The van der Waals surface area contributed by atoms with Crippen LogP contribution < -0.4 is 16.2 Å². The number of benzene rings is 1. The largest absolute Gasteiger partial charge is 0.382 e. The molecule has 0 aliphatic heterocycles. The van der Waals surface area contributed by atoms with Gasteiger partial charge in [0.2, 0.25) is 0 Å². The summed E-state index contributed by atoms with van der Waals surface area (Å²) in [5.74, 6) is 0.151. The molecular weight excluding hydrogens is 386 g/mol. The van der Waals surface area contributed by atoms with Crippen LogP contribution in [-0.2, 0) is 4.79 Å². The van der Waals surface area contributed by atoms with E-state index in [2.05, 4.69) is 24.5 Å². The number of hydrogen-bond acceptors (Lipinski definition) is 4. The van der Waals surface area contributed by atoms with Gasteiger partial charge in [-0.3, -0.25) is 4.79 Å². The fourth-order valence-corrected chi connectivity index (χ4v) is 4.28. The van der Waals surface area contributed by atoms with Gasteiger partial charge >= 0.3 is 0 Å². The Morgan fingerprint density at radius 1 is 1.13 bits per heavy atom. The first-order chi connectivity index (χ1) is 15.1. The molecule has 1 saturated carbocycles. The molecule has 0 aromatic heterocycles. The first-order valence-electron chi connectivity index (χ1n) is 12.3. The summed E-state index contributed by atoms with van der Waals surface area (Å²) in [5, 5.41) is 12.2. The molecule has 1 aliphatic rings. The van der Waals surface area contributed by atoms with E-state index in [1.165, 1.54) is 43.5 Å². The zero-order valence-corrected chi connectivity index (χ0v) is 19.3. The van der Waals surface area contributed by atoms with Crippen molar-refractivity contribution in [3.05, 3.63) is 42.5 Å². The minimum Gasteiger partial charge on any atom is -0.382 e. The average Bonchev–Trinajstić information content (AvgIpc) is 2.80. The van der Waals surface area contributed by atoms with Gasteiger partial charge in [-0.05, 0) is 50.2 Å². The second kappa shape index (κ2) is 15.2. The molecule has 0 heterocycles. The summed E-state index contributed by atoms with van der Waals surface area (Å²) in [5.41, 5.74) is 10.2. The molecule has 174 valence electrons. The molecule has 1 aromatic rings.